The number of anilines is 1. The van der Waals surface area contributed by atoms with Gasteiger partial charge in [-0.2, -0.15) is 11.8 Å². The highest BCUT2D eigenvalue weighted by Gasteiger charge is 2.14. The zero-order valence-electron chi connectivity index (χ0n) is 14.4. The van der Waals surface area contributed by atoms with Gasteiger partial charge in [0.25, 0.3) is 0 Å². The van der Waals surface area contributed by atoms with E-state index in [1.807, 2.05) is 48.2 Å². The summed E-state index contributed by atoms with van der Waals surface area (Å²) in [4.78, 5) is 14.9. The lowest BCUT2D eigenvalue weighted by Crippen LogP contribution is -2.32. The zero-order chi connectivity index (χ0) is 17.6. The molecule has 0 aliphatic carbocycles. The van der Waals surface area contributed by atoms with Gasteiger partial charge in [-0.1, -0.05) is 40.2 Å². The van der Waals surface area contributed by atoms with Crippen molar-refractivity contribution >= 4 is 39.3 Å². The number of benzene rings is 2. The minimum atomic E-state index is 0.0210. The lowest BCUT2D eigenvalue weighted by atomic mass is 10.1. The number of halogens is 1. The maximum atomic E-state index is 12.4. The number of rotatable bonds is 5. The Hall–Kier alpha value is -1.30. The van der Waals surface area contributed by atoms with Gasteiger partial charge in [-0.3, -0.25) is 9.69 Å². The number of hydrogen-bond acceptors (Lipinski definition) is 3. The van der Waals surface area contributed by atoms with Gasteiger partial charge >= 0.3 is 0 Å². The molecule has 0 spiro atoms. The van der Waals surface area contributed by atoms with E-state index in [-0.39, 0.29) is 5.91 Å². The van der Waals surface area contributed by atoms with Crippen LogP contribution >= 0.6 is 27.7 Å². The van der Waals surface area contributed by atoms with Crippen molar-refractivity contribution in [3.05, 3.63) is 63.6 Å². The monoisotopic (exact) mass is 418 g/mol. The molecule has 1 aliphatic heterocycles. The summed E-state index contributed by atoms with van der Waals surface area (Å²) in [5.41, 5.74) is 4.39. The standard InChI is InChI=1S/C20H23BrN2OS/c1-15-17(14-23-8-10-25-11-9-23)5-3-7-19(15)22-20(24)13-16-4-2-6-18(21)12-16/h2-7,12H,8-11,13-14H2,1H3,(H,22,24). The lowest BCUT2D eigenvalue weighted by molar-refractivity contribution is -0.115. The molecule has 5 heteroatoms. The molecule has 2 aromatic carbocycles. The maximum absolute atomic E-state index is 12.4. The van der Waals surface area contributed by atoms with Crippen LogP contribution in [0.1, 0.15) is 16.7 Å². The fourth-order valence-corrected chi connectivity index (χ4v) is 4.44. The minimum Gasteiger partial charge on any atom is -0.326 e. The van der Waals surface area contributed by atoms with Crippen molar-refractivity contribution in [2.24, 2.45) is 0 Å². The molecule has 25 heavy (non-hydrogen) atoms. The quantitative estimate of drug-likeness (QED) is 0.775. The van der Waals surface area contributed by atoms with Gasteiger partial charge in [0, 0.05) is 41.3 Å². The van der Waals surface area contributed by atoms with Crippen molar-refractivity contribution in [3.8, 4) is 0 Å². The highest BCUT2D eigenvalue weighted by Crippen LogP contribution is 2.22. The fourth-order valence-electron chi connectivity index (χ4n) is 3.02. The van der Waals surface area contributed by atoms with Gasteiger partial charge in [0.2, 0.25) is 5.91 Å². The van der Waals surface area contributed by atoms with Gasteiger partial charge in [0.15, 0.2) is 0 Å². The summed E-state index contributed by atoms with van der Waals surface area (Å²) in [6.45, 7) is 5.34. The summed E-state index contributed by atoms with van der Waals surface area (Å²) in [5, 5.41) is 3.08. The van der Waals surface area contributed by atoms with E-state index in [9.17, 15) is 4.79 Å². The van der Waals surface area contributed by atoms with Crippen molar-refractivity contribution in [3.63, 3.8) is 0 Å². The average Bonchev–Trinajstić information content (AvgIpc) is 2.59. The van der Waals surface area contributed by atoms with E-state index >= 15 is 0 Å². The Morgan fingerprint density at radius 3 is 2.72 bits per heavy atom. The number of carbonyl (C=O) groups excluding carboxylic acids is 1. The molecule has 0 unspecified atom stereocenters. The van der Waals surface area contributed by atoms with Crippen LogP contribution in [0, 0.1) is 6.92 Å². The molecule has 0 radical (unpaired) electrons. The second kappa shape index (κ2) is 8.88. The number of amides is 1. The molecule has 1 fully saturated rings. The highest BCUT2D eigenvalue weighted by atomic mass is 79.9. The van der Waals surface area contributed by atoms with Crippen molar-refractivity contribution in [1.29, 1.82) is 0 Å². The van der Waals surface area contributed by atoms with E-state index in [2.05, 4.69) is 39.1 Å². The van der Waals surface area contributed by atoms with Gasteiger partial charge in [-0.15, -0.1) is 0 Å². The SMILES string of the molecule is Cc1c(CN2CCSCC2)cccc1NC(=O)Cc1cccc(Br)c1. The van der Waals surface area contributed by atoms with Gasteiger partial charge in [0.05, 0.1) is 6.42 Å². The van der Waals surface area contributed by atoms with Crippen molar-refractivity contribution in [2.75, 3.05) is 29.9 Å². The first-order valence-corrected chi connectivity index (χ1v) is 10.5. The molecule has 132 valence electrons. The van der Waals surface area contributed by atoms with Crippen LogP contribution in [0.5, 0.6) is 0 Å². The molecule has 1 aliphatic rings. The molecular formula is C20H23BrN2OS. The van der Waals surface area contributed by atoms with Crippen LogP contribution < -0.4 is 5.32 Å². The van der Waals surface area contributed by atoms with E-state index in [0.29, 0.717) is 6.42 Å². The molecule has 1 N–H and O–H groups in total. The third-order valence-electron chi connectivity index (χ3n) is 4.47. The fraction of sp³-hybridized carbons (Fsp3) is 0.350. The molecule has 3 nitrogen and oxygen atoms in total. The summed E-state index contributed by atoms with van der Waals surface area (Å²) in [6.07, 6.45) is 0.381. The highest BCUT2D eigenvalue weighted by molar-refractivity contribution is 9.10. The molecular weight excluding hydrogens is 396 g/mol. The Kier molecular flexibility index (Phi) is 6.57. The Morgan fingerprint density at radius 2 is 1.96 bits per heavy atom. The molecule has 1 amide bonds. The molecule has 0 bridgehead atoms. The van der Waals surface area contributed by atoms with Crippen LogP contribution in [-0.4, -0.2) is 35.4 Å². The summed E-state index contributed by atoms with van der Waals surface area (Å²) in [5.74, 6) is 2.44. The first-order chi connectivity index (χ1) is 12.1. The largest absolute Gasteiger partial charge is 0.326 e. The Morgan fingerprint density at radius 1 is 1.20 bits per heavy atom. The minimum absolute atomic E-state index is 0.0210. The molecule has 1 heterocycles. The third-order valence-corrected chi connectivity index (χ3v) is 5.91. The molecule has 0 saturated carbocycles. The Labute approximate surface area is 162 Å². The van der Waals surface area contributed by atoms with Gasteiger partial charge < -0.3 is 5.32 Å². The van der Waals surface area contributed by atoms with Crippen LogP contribution in [0.15, 0.2) is 46.9 Å². The van der Waals surface area contributed by atoms with Crippen molar-refractivity contribution in [2.45, 2.75) is 19.9 Å². The molecule has 0 aromatic heterocycles. The predicted molar refractivity (Wildman–Crippen MR) is 110 cm³/mol. The maximum Gasteiger partial charge on any atom is 0.228 e. The summed E-state index contributed by atoms with van der Waals surface area (Å²) >= 11 is 5.47. The lowest BCUT2D eigenvalue weighted by Gasteiger charge is -2.27. The van der Waals surface area contributed by atoms with Gasteiger partial charge in [-0.25, -0.2) is 0 Å². The topological polar surface area (TPSA) is 32.3 Å². The molecule has 0 atom stereocenters. The van der Waals surface area contributed by atoms with Crippen LogP contribution in [-0.2, 0) is 17.8 Å². The normalized spacial score (nSPS) is 15.1. The van der Waals surface area contributed by atoms with E-state index in [4.69, 9.17) is 0 Å². The molecule has 1 saturated heterocycles. The van der Waals surface area contributed by atoms with E-state index in [1.54, 1.807) is 0 Å². The molecule has 2 aromatic rings. The van der Waals surface area contributed by atoms with Crippen LogP contribution in [0.4, 0.5) is 5.69 Å². The number of nitrogens with one attached hydrogen (secondary N) is 1. The Balaban J connectivity index is 1.65. The summed E-state index contributed by atoms with van der Waals surface area (Å²) < 4.78 is 0.996. The first-order valence-electron chi connectivity index (χ1n) is 8.55. The predicted octanol–water partition coefficient (Wildman–Crippen LogP) is 4.49. The summed E-state index contributed by atoms with van der Waals surface area (Å²) in [6, 6.07) is 14.1. The number of hydrogen-bond donors (Lipinski definition) is 1. The smallest absolute Gasteiger partial charge is 0.228 e. The average molecular weight is 419 g/mol. The van der Waals surface area contributed by atoms with Crippen LogP contribution in [0.2, 0.25) is 0 Å². The van der Waals surface area contributed by atoms with Crippen LogP contribution in [0.3, 0.4) is 0 Å². The number of nitrogens with zero attached hydrogens (tertiary/aromatic N) is 1. The van der Waals surface area contributed by atoms with E-state index in [1.165, 1.54) is 22.6 Å². The third kappa shape index (κ3) is 5.33. The van der Waals surface area contributed by atoms with Crippen molar-refractivity contribution in [1.82, 2.24) is 4.90 Å². The van der Waals surface area contributed by atoms with Gasteiger partial charge in [-0.05, 0) is 41.8 Å². The summed E-state index contributed by atoms with van der Waals surface area (Å²) in [7, 11) is 0. The van der Waals surface area contributed by atoms with E-state index < -0.39 is 0 Å². The van der Waals surface area contributed by atoms with Crippen molar-refractivity contribution < 1.29 is 4.79 Å². The van der Waals surface area contributed by atoms with Gasteiger partial charge in [0.1, 0.15) is 0 Å². The number of thioether (sulfide) groups is 1. The first kappa shape index (κ1) is 18.5. The second-order valence-corrected chi connectivity index (χ2v) is 8.47. The Bertz CT molecular complexity index is 744. The van der Waals surface area contributed by atoms with E-state index in [0.717, 1.165) is 35.4 Å². The van der Waals surface area contributed by atoms with Crippen LogP contribution in [0.25, 0.3) is 0 Å². The molecule has 3 rings (SSSR count). The second-order valence-electron chi connectivity index (χ2n) is 6.33. The zero-order valence-corrected chi connectivity index (χ0v) is 16.8. The number of carbonyl (C=O) groups is 1.